The van der Waals surface area contributed by atoms with E-state index in [1.165, 1.54) is 17.0 Å². The van der Waals surface area contributed by atoms with Crippen molar-refractivity contribution < 1.29 is 23.9 Å². The van der Waals surface area contributed by atoms with Crippen molar-refractivity contribution in [2.45, 2.75) is 44.8 Å². The normalized spacial score (nSPS) is 19.2. The number of pyridine rings is 1. The molecule has 2 aliphatic rings. The summed E-state index contributed by atoms with van der Waals surface area (Å²) in [6, 6.07) is 8.84. The van der Waals surface area contributed by atoms with Gasteiger partial charge in [0, 0.05) is 35.8 Å². The molecule has 2 aromatic heterocycles. The molecule has 0 saturated carbocycles. The number of carboxylic acid groups (broad SMARTS) is 1. The van der Waals surface area contributed by atoms with E-state index < -0.39 is 23.5 Å². The predicted octanol–water partition coefficient (Wildman–Crippen LogP) is 3.12. The summed E-state index contributed by atoms with van der Waals surface area (Å²) in [5, 5.41) is 9.94. The van der Waals surface area contributed by atoms with Gasteiger partial charge in [0.1, 0.15) is 17.5 Å². The Morgan fingerprint density at radius 2 is 1.94 bits per heavy atom. The molecule has 1 aromatic carbocycles. The van der Waals surface area contributed by atoms with Crippen molar-refractivity contribution in [2.75, 3.05) is 6.54 Å². The Kier molecular flexibility index (Phi) is 4.73. The van der Waals surface area contributed by atoms with Crippen LogP contribution in [0, 0.1) is 5.82 Å². The van der Waals surface area contributed by atoms with Gasteiger partial charge < -0.3 is 14.6 Å². The summed E-state index contributed by atoms with van der Waals surface area (Å²) in [7, 11) is 0. The van der Waals surface area contributed by atoms with Gasteiger partial charge in [-0.2, -0.15) is 0 Å². The number of urea groups is 1. The number of carboxylic acids is 1. The summed E-state index contributed by atoms with van der Waals surface area (Å²) >= 11 is 0. The first-order valence-corrected chi connectivity index (χ1v) is 10.7. The van der Waals surface area contributed by atoms with Crippen molar-refractivity contribution in [3.05, 3.63) is 65.2 Å². The van der Waals surface area contributed by atoms with E-state index in [1.54, 1.807) is 18.3 Å². The topological polar surface area (TPSA) is 95.7 Å². The zero-order valence-corrected chi connectivity index (χ0v) is 18.3. The Labute approximate surface area is 189 Å². The molecule has 0 aliphatic carbocycles. The number of halogens is 1. The fraction of sp³-hybridized carbons (Fsp3) is 0.333. The lowest BCUT2D eigenvalue weighted by Gasteiger charge is -2.41. The second-order valence-corrected chi connectivity index (χ2v) is 9.08. The lowest BCUT2D eigenvalue weighted by molar-refractivity contribution is -0.137. The van der Waals surface area contributed by atoms with E-state index in [1.807, 2.05) is 30.5 Å². The van der Waals surface area contributed by atoms with Gasteiger partial charge in [-0.05, 0) is 35.4 Å². The molecule has 170 valence electrons. The van der Waals surface area contributed by atoms with Crippen LogP contribution in [0.2, 0.25) is 0 Å². The quantitative estimate of drug-likeness (QED) is 0.603. The van der Waals surface area contributed by atoms with E-state index >= 15 is 0 Å². The Morgan fingerprint density at radius 3 is 2.64 bits per heavy atom. The average molecular weight is 450 g/mol. The molecule has 1 atom stereocenters. The molecule has 0 spiro atoms. The van der Waals surface area contributed by atoms with Gasteiger partial charge >= 0.3 is 12.0 Å². The van der Waals surface area contributed by atoms with Gasteiger partial charge in [-0.25, -0.2) is 14.2 Å². The van der Waals surface area contributed by atoms with Crippen LogP contribution >= 0.6 is 0 Å². The number of hydrogen-bond donors (Lipinski definition) is 1. The minimum atomic E-state index is -1.06. The van der Waals surface area contributed by atoms with Crippen LogP contribution in [-0.2, 0) is 28.1 Å². The molecule has 4 heterocycles. The average Bonchev–Trinajstić information content (AvgIpc) is 3.21. The molecule has 5 rings (SSSR count). The first kappa shape index (κ1) is 21.1. The zero-order valence-electron chi connectivity index (χ0n) is 18.3. The number of amides is 3. The Balaban J connectivity index is 1.63. The van der Waals surface area contributed by atoms with Crippen molar-refractivity contribution in [2.24, 2.45) is 0 Å². The summed E-state index contributed by atoms with van der Waals surface area (Å²) in [6.45, 7) is 4.35. The molecule has 33 heavy (non-hydrogen) atoms. The molecule has 8 nitrogen and oxygen atoms in total. The van der Waals surface area contributed by atoms with E-state index in [9.17, 15) is 18.8 Å². The summed E-state index contributed by atoms with van der Waals surface area (Å²) in [4.78, 5) is 44.6. The number of fused-ring (bicyclic) bond motifs is 4. The molecule has 0 bridgehead atoms. The van der Waals surface area contributed by atoms with Gasteiger partial charge in [-0.15, -0.1) is 0 Å². The lowest BCUT2D eigenvalue weighted by atomic mass is 9.73. The van der Waals surface area contributed by atoms with Gasteiger partial charge in [0.15, 0.2) is 0 Å². The van der Waals surface area contributed by atoms with E-state index in [2.05, 4.69) is 4.98 Å². The maximum Gasteiger partial charge on any atom is 0.327 e. The molecule has 9 heteroatoms. The van der Waals surface area contributed by atoms with Gasteiger partial charge in [0.05, 0.1) is 13.0 Å². The maximum atomic E-state index is 13.4. The van der Waals surface area contributed by atoms with Crippen molar-refractivity contribution in [3.8, 4) is 0 Å². The van der Waals surface area contributed by atoms with Crippen molar-refractivity contribution in [1.82, 2.24) is 19.4 Å². The van der Waals surface area contributed by atoms with Crippen LogP contribution in [0.15, 0.2) is 42.6 Å². The minimum Gasteiger partial charge on any atom is -0.481 e. The van der Waals surface area contributed by atoms with Crippen LogP contribution in [0.1, 0.15) is 37.1 Å². The Bertz CT molecular complexity index is 1300. The number of benzene rings is 1. The number of carbonyl (C=O) groups excluding carboxylic acids is 2. The molecule has 0 radical (unpaired) electrons. The third-order valence-corrected chi connectivity index (χ3v) is 6.67. The smallest absolute Gasteiger partial charge is 0.327 e. The van der Waals surface area contributed by atoms with Gasteiger partial charge in [-0.1, -0.05) is 26.0 Å². The van der Waals surface area contributed by atoms with Crippen LogP contribution in [-0.4, -0.2) is 55.0 Å². The van der Waals surface area contributed by atoms with Crippen LogP contribution in [0.3, 0.4) is 0 Å². The number of aliphatic carboxylic acids is 1. The van der Waals surface area contributed by atoms with Crippen LogP contribution in [0.25, 0.3) is 11.0 Å². The summed E-state index contributed by atoms with van der Waals surface area (Å²) in [6.07, 6.45) is 1.40. The molecular formula is C24H23FN4O4. The molecule has 1 saturated heterocycles. The largest absolute Gasteiger partial charge is 0.481 e. The molecule has 1 N–H and O–H groups in total. The third kappa shape index (κ3) is 3.18. The highest BCUT2D eigenvalue weighted by Gasteiger charge is 2.56. The molecule has 1 fully saturated rings. The van der Waals surface area contributed by atoms with E-state index in [-0.39, 0.29) is 31.2 Å². The fourth-order valence-electron chi connectivity index (χ4n) is 5.26. The van der Waals surface area contributed by atoms with Crippen LogP contribution in [0.5, 0.6) is 0 Å². The molecular weight excluding hydrogens is 427 g/mol. The van der Waals surface area contributed by atoms with Crippen molar-refractivity contribution in [1.29, 1.82) is 0 Å². The fourth-order valence-corrected chi connectivity index (χ4v) is 5.26. The standard InChI is InChI=1S/C24H23FN4O4/c1-24(2)19-16-4-3-10-26-21(16)28(12-14-5-7-15(25)8-6-14)17(19)13-29-20(24)22(32)27(23(29)33)11-9-18(30)31/h3-8,10,20H,9,11-13H2,1-2H3,(H,30,31). The SMILES string of the molecule is CC1(C)c2c(n(Cc3ccc(F)cc3)c3ncccc23)CN2C(=O)N(CCC(=O)O)C(=O)C21. The molecule has 3 aromatic rings. The first-order chi connectivity index (χ1) is 15.7. The van der Waals surface area contributed by atoms with Crippen LogP contribution in [0.4, 0.5) is 9.18 Å². The summed E-state index contributed by atoms with van der Waals surface area (Å²) in [5.41, 5.74) is 2.72. The number of rotatable bonds is 5. The van der Waals surface area contributed by atoms with E-state index in [0.717, 1.165) is 32.8 Å². The first-order valence-electron chi connectivity index (χ1n) is 10.7. The number of carbonyl (C=O) groups is 3. The van der Waals surface area contributed by atoms with E-state index in [4.69, 9.17) is 5.11 Å². The number of nitrogens with zero attached hydrogens (tertiary/aromatic N) is 4. The summed E-state index contributed by atoms with van der Waals surface area (Å²) < 4.78 is 15.5. The maximum absolute atomic E-state index is 13.4. The Hall–Kier alpha value is -3.75. The highest BCUT2D eigenvalue weighted by atomic mass is 19.1. The number of hydrogen-bond acceptors (Lipinski definition) is 4. The molecule has 2 aliphatic heterocycles. The van der Waals surface area contributed by atoms with Crippen molar-refractivity contribution >= 4 is 28.9 Å². The van der Waals surface area contributed by atoms with Crippen molar-refractivity contribution in [3.63, 3.8) is 0 Å². The molecule has 1 unspecified atom stereocenters. The molecule has 3 amide bonds. The second-order valence-electron chi connectivity index (χ2n) is 9.08. The number of imide groups is 1. The van der Waals surface area contributed by atoms with Crippen LogP contribution < -0.4 is 0 Å². The zero-order chi connectivity index (χ0) is 23.5. The minimum absolute atomic E-state index is 0.155. The highest BCUT2D eigenvalue weighted by Crippen LogP contribution is 2.46. The lowest BCUT2D eigenvalue weighted by Crippen LogP contribution is -2.52. The second kappa shape index (κ2) is 7.40. The monoisotopic (exact) mass is 450 g/mol. The highest BCUT2D eigenvalue weighted by molar-refractivity contribution is 6.06. The Morgan fingerprint density at radius 1 is 1.21 bits per heavy atom. The van der Waals surface area contributed by atoms with Gasteiger partial charge in [0.2, 0.25) is 0 Å². The number of aromatic nitrogens is 2. The van der Waals surface area contributed by atoms with Gasteiger partial charge in [-0.3, -0.25) is 14.5 Å². The third-order valence-electron chi connectivity index (χ3n) is 6.67. The predicted molar refractivity (Wildman–Crippen MR) is 117 cm³/mol. The van der Waals surface area contributed by atoms with E-state index in [0.29, 0.717) is 6.54 Å². The van der Waals surface area contributed by atoms with Gasteiger partial charge in [0.25, 0.3) is 5.91 Å². The summed E-state index contributed by atoms with van der Waals surface area (Å²) in [5.74, 6) is -1.76.